The number of carbonyl (C=O) groups excluding carboxylic acids is 1. The molecule has 2 aromatic carbocycles. The molecule has 0 aromatic heterocycles. The molecule has 1 aliphatic heterocycles. The molecule has 0 radical (unpaired) electrons. The molecule has 0 saturated carbocycles. The Bertz CT molecular complexity index is 754. The fourth-order valence-corrected chi connectivity index (χ4v) is 3.04. The highest BCUT2D eigenvalue weighted by atomic mass is 16.6. The average molecular weight is 353 g/mol. The third-order valence-electron chi connectivity index (χ3n) is 4.18. The van der Waals surface area contributed by atoms with Crippen LogP contribution in [0, 0.1) is 0 Å². The minimum atomic E-state index is -0.484. The molecular weight excluding hydrogens is 326 g/mol. The largest absolute Gasteiger partial charge is 0.443 e. The molecule has 1 amide bonds. The van der Waals surface area contributed by atoms with Gasteiger partial charge in [0, 0.05) is 18.8 Å². The van der Waals surface area contributed by atoms with E-state index < -0.39 is 5.60 Å². The Labute approximate surface area is 155 Å². The van der Waals surface area contributed by atoms with Crippen molar-refractivity contribution in [3.63, 3.8) is 0 Å². The maximum atomic E-state index is 12.5. The number of benzene rings is 2. The molecule has 5 heteroatoms. The second-order valence-electron chi connectivity index (χ2n) is 7.54. The Morgan fingerprint density at radius 3 is 2.65 bits per heavy atom. The van der Waals surface area contributed by atoms with Crippen LogP contribution in [0.4, 0.5) is 16.2 Å². The van der Waals surface area contributed by atoms with Gasteiger partial charge in [0.15, 0.2) is 0 Å². The quantitative estimate of drug-likeness (QED) is 0.795. The Hall–Kier alpha value is -2.53. The number of hydrogen-bond acceptors (Lipinski definition) is 4. The Morgan fingerprint density at radius 2 is 1.92 bits per heavy atom. The van der Waals surface area contributed by atoms with E-state index >= 15 is 0 Å². The molecule has 0 unspecified atom stereocenters. The number of amides is 1. The minimum absolute atomic E-state index is 0.268. The lowest BCUT2D eigenvalue weighted by atomic mass is 9.99. The second-order valence-corrected chi connectivity index (χ2v) is 7.54. The summed E-state index contributed by atoms with van der Waals surface area (Å²) in [6.45, 7) is 7.09. The molecule has 138 valence electrons. The standard InChI is InChI=1S/C21H27N3O2/c1-21(2,3)26-20(25)24-13-7-8-17-14-16(11-12-19(17)24)15-22-23-18-9-5-4-6-10-18/h4-6,9-12,14,22-23H,7-8,13,15H2,1-3H3. The van der Waals surface area contributed by atoms with E-state index in [1.54, 1.807) is 4.90 Å². The maximum absolute atomic E-state index is 12.5. The summed E-state index contributed by atoms with van der Waals surface area (Å²) in [5.74, 6) is 0. The summed E-state index contributed by atoms with van der Waals surface area (Å²) in [6, 6.07) is 16.3. The van der Waals surface area contributed by atoms with Crippen LogP contribution >= 0.6 is 0 Å². The van der Waals surface area contributed by atoms with Crippen LogP contribution in [-0.2, 0) is 17.7 Å². The van der Waals surface area contributed by atoms with Gasteiger partial charge in [0.05, 0.1) is 5.69 Å². The van der Waals surface area contributed by atoms with Gasteiger partial charge in [-0.3, -0.25) is 4.90 Å². The van der Waals surface area contributed by atoms with Gasteiger partial charge in [-0.25, -0.2) is 10.2 Å². The number of para-hydroxylation sites is 1. The first kappa shape index (κ1) is 18.3. The highest BCUT2D eigenvalue weighted by Crippen LogP contribution is 2.29. The zero-order valence-electron chi connectivity index (χ0n) is 15.7. The first-order valence-electron chi connectivity index (χ1n) is 9.09. The fourth-order valence-electron chi connectivity index (χ4n) is 3.04. The van der Waals surface area contributed by atoms with E-state index in [9.17, 15) is 4.79 Å². The number of fused-ring (bicyclic) bond motifs is 1. The molecule has 0 fully saturated rings. The molecule has 26 heavy (non-hydrogen) atoms. The monoisotopic (exact) mass is 353 g/mol. The zero-order valence-corrected chi connectivity index (χ0v) is 15.7. The van der Waals surface area contributed by atoms with Gasteiger partial charge < -0.3 is 10.2 Å². The molecule has 5 nitrogen and oxygen atoms in total. The van der Waals surface area contributed by atoms with Gasteiger partial charge in [0.1, 0.15) is 5.60 Å². The van der Waals surface area contributed by atoms with Crippen LogP contribution in [0.5, 0.6) is 0 Å². The highest BCUT2D eigenvalue weighted by Gasteiger charge is 2.27. The van der Waals surface area contributed by atoms with Crippen molar-refractivity contribution in [3.05, 3.63) is 59.7 Å². The molecule has 2 aromatic rings. The molecule has 2 N–H and O–H groups in total. The first-order chi connectivity index (χ1) is 12.4. The average Bonchev–Trinajstić information content (AvgIpc) is 2.60. The Morgan fingerprint density at radius 1 is 1.15 bits per heavy atom. The van der Waals surface area contributed by atoms with Crippen molar-refractivity contribution in [2.75, 3.05) is 16.9 Å². The summed E-state index contributed by atoms with van der Waals surface area (Å²) in [4.78, 5) is 14.2. The third kappa shape index (κ3) is 4.76. The molecule has 1 heterocycles. The number of ether oxygens (including phenoxy) is 1. The Balaban J connectivity index is 1.65. The summed E-state index contributed by atoms with van der Waals surface area (Å²) in [5, 5.41) is 0. The molecule has 3 rings (SSSR count). The van der Waals surface area contributed by atoms with Crippen molar-refractivity contribution >= 4 is 17.5 Å². The lowest BCUT2D eigenvalue weighted by Gasteiger charge is -2.32. The van der Waals surface area contributed by atoms with Gasteiger partial charge in [0.25, 0.3) is 0 Å². The highest BCUT2D eigenvalue weighted by molar-refractivity contribution is 5.89. The van der Waals surface area contributed by atoms with Crippen molar-refractivity contribution in [1.29, 1.82) is 0 Å². The lowest BCUT2D eigenvalue weighted by molar-refractivity contribution is 0.0578. The number of aryl methyl sites for hydroxylation is 1. The number of hydrogen-bond donors (Lipinski definition) is 2. The van der Waals surface area contributed by atoms with Crippen LogP contribution in [0.2, 0.25) is 0 Å². The number of hydrazine groups is 1. The summed E-state index contributed by atoms with van der Waals surface area (Å²) in [7, 11) is 0. The van der Waals surface area contributed by atoms with Crippen molar-refractivity contribution in [3.8, 4) is 0 Å². The number of nitrogens with one attached hydrogen (secondary N) is 2. The summed E-state index contributed by atoms with van der Waals surface area (Å²) in [5.41, 5.74) is 10.3. The molecule has 1 aliphatic rings. The molecule has 0 bridgehead atoms. The molecule has 0 spiro atoms. The second kappa shape index (κ2) is 7.79. The third-order valence-corrected chi connectivity index (χ3v) is 4.18. The number of nitrogens with zero attached hydrogens (tertiary/aromatic N) is 1. The zero-order chi connectivity index (χ0) is 18.6. The van der Waals surface area contributed by atoms with Crippen LogP contribution in [-0.4, -0.2) is 18.2 Å². The van der Waals surface area contributed by atoms with Crippen LogP contribution < -0.4 is 15.8 Å². The van der Waals surface area contributed by atoms with Crippen LogP contribution in [0.25, 0.3) is 0 Å². The van der Waals surface area contributed by atoms with E-state index in [1.165, 1.54) is 11.1 Å². The van der Waals surface area contributed by atoms with E-state index in [-0.39, 0.29) is 6.09 Å². The van der Waals surface area contributed by atoms with Crippen molar-refractivity contribution in [2.45, 2.75) is 45.8 Å². The van der Waals surface area contributed by atoms with Crippen molar-refractivity contribution < 1.29 is 9.53 Å². The predicted octanol–water partition coefficient (Wildman–Crippen LogP) is 4.49. The van der Waals surface area contributed by atoms with E-state index in [4.69, 9.17) is 4.74 Å². The molecular formula is C21H27N3O2. The van der Waals surface area contributed by atoms with Gasteiger partial charge in [-0.1, -0.05) is 30.3 Å². The summed E-state index contributed by atoms with van der Waals surface area (Å²) < 4.78 is 5.54. The van der Waals surface area contributed by atoms with Gasteiger partial charge >= 0.3 is 6.09 Å². The van der Waals surface area contributed by atoms with E-state index in [0.717, 1.165) is 24.2 Å². The van der Waals surface area contributed by atoms with Crippen LogP contribution in [0.15, 0.2) is 48.5 Å². The SMILES string of the molecule is CC(C)(C)OC(=O)N1CCCc2cc(CNNc3ccccc3)ccc21. The normalized spacial score (nSPS) is 13.9. The molecule has 0 saturated heterocycles. The van der Waals surface area contributed by atoms with Crippen LogP contribution in [0.3, 0.4) is 0 Å². The van der Waals surface area contributed by atoms with Crippen molar-refractivity contribution in [2.24, 2.45) is 0 Å². The number of rotatable bonds is 4. The summed E-state index contributed by atoms with van der Waals surface area (Å²) >= 11 is 0. The van der Waals surface area contributed by atoms with E-state index in [1.807, 2.05) is 57.2 Å². The molecule has 0 atom stereocenters. The fraction of sp³-hybridized carbons (Fsp3) is 0.381. The van der Waals surface area contributed by atoms with Gasteiger partial charge in [-0.05, 0) is 62.9 Å². The maximum Gasteiger partial charge on any atom is 0.414 e. The predicted molar refractivity (Wildman–Crippen MR) is 105 cm³/mol. The van der Waals surface area contributed by atoms with Crippen LogP contribution in [0.1, 0.15) is 38.3 Å². The first-order valence-corrected chi connectivity index (χ1v) is 9.09. The molecule has 0 aliphatic carbocycles. The number of anilines is 2. The van der Waals surface area contributed by atoms with E-state index in [0.29, 0.717) is 13.1 Å². The number of carbonyl (C=O) groups is 1. The van der Waals surface area contributed by atoms with Crippen molar-refractivity contribution in [1.82, 2.24) is 5.43 Å². The van der Waals surface area contributed by atoms with Gasteiger partial charge in [-0.2, -0.15) is 0 Å². The summed E-state index contributed by atoms with van der Waals surface area (Å²) in [6.07, 6.45) is 1.66. The van der Waals surface area contributed by atoms with Gasteiger partial charge in [0.2, 0.25) is 0 Å². The van der Waals surface area contributed by atoms with E-state index in [2.05, 4.69) is 23.0 Å². The van der Waals surface area contributed by atoms with Gasteiger partial charge in [-0.15, -0.1) is 0 Å². The smallest absolute Gasteiger partial charge is 0.414 e. The lowest BCUT2D eigenvalue weighted by Crippen LogP contribution is -2.39. The Kier molecular flexibility index (Phi) is 5.47. The topological polar surface area (TPSA) is 53.6 Å². The minimum Gasteiger partial charge on any atom is -0.443 e.